The summed E-state index contributed by atoms with van der Waals surface area (Å²) in [5.41, 5.74) is 2.85. The predicted octanol–water partition coefficient (Wildman–Crippen LogP) is 1.81. The number of hydrogen-bond acceptors (Lipinski definition) is 4. The lowest BCUT2D eigenvalue weighted by Crippen LogP contribution is -2.04. The lowest BCUT2D eigenvalue weighted by atomic mass is 10.1. The van der Waals surface area contributed by atoms with Crippen molar-refractivity contribution in [2.75, 3.05) is 7.11 Å². The van der Waals surface area contributed by atoms with Crippen LogP contribution in [-0.2, 0) is 11.3 Å². The molecular formula is C12H15N3O2. The maximum Gasteiger partial charge on any atom is 0.172 e. The average molecular weight is 233 g/mol. The molecule has 0 bridgehead atoms. The third kappa shape index (κ3) is 2.06. The second-order valence-corrected chi connectivity index (χ2v) is 4.20. The van der Waals surface area contributed by atoms with E-state index in [2.05, 4.69) is 23.8 Å². The zero-order valence-corrected chi connectivity index (χ0v) is 10.2. The van der Waals surface area contributed by atoms with Crippen molar-refractivity contribution in [2.24, 2.45) is 0 Å². The molecule has 2 aromatic rings. The van der Waals surface area contributed by atoms with E-state index in [0.717, 1.165) is 17.7 Å². The number of fused-ring (bicyclic) bond motifs is 1. The van der Waals surface area contributed by atoms with E-state index in [-0.39, 0.29) is 0 Å². The number of carbonyl (C=O) groups is 1. The summed E-state index contributed by atoms with van der Waals surface area (Å²) in [4.78, 5) is 19.4. The molecule has 0 aromatic carbocycles. The number of rotatable bonds is 4. The third-order valence-corrected chi connectivity index (χ3v) is 2.62. The first-order valence-corrected chi connectivity index (χ1v) is 5.48. The summed E-state index contributed by atoms with van der Waals surface area (Å²) in [5, 5.41) is 0. The van der Waals surface area contributed by atoms with Gasteiger partial charge in [-0.1, -0.05) is 13.8 Å². The minimum Gasteiger partial charge on any atom is -0.378 e. The third-order valence-electron chi connectivity index (χ3n) is 2.62. The normalized spacial score (nSPS) is 11.3. The van der Waals surface area contributed by atoms with E-state index < -0.39 is 0 Å². The Morgan fingerprint density at radius 3 is 2.88 bits per heavy atom. The van der Waals surface area contributed by atoms with E-state index in [9.17, 15) is 4.79 Å². The molecule has 0 unspecified atom stereocenters. The fourth-order valence-corrected chi connectivity index (χ4v) is 1.71. The van der Waals surface area contributed by atoms with Gasteiger partial charge in [0.15, 0.2) is 11.9 Å². The highest BCUT2D eigenvalue weighted by Gasteiger charge is 2.12. The van der Waals surface area contributed by atoms with Gasteiger partial charge in [-0.25, -0.2) is 9.97 Å². The highest BCUT2D eigenvalue weighted by molar-refractivity contribution is 5.81. The summed E-state index contributed by atoms with van der Waals surface area (Å²) in [5.74, 6) is 0.296. The summed E-state index contributed by atoms with van der Waals surface area (Å²) >= 11 is 0. The van der Waals surface area contributed by atoms with Gasteiger partial charge < -0.3 is 4.74 Å². The Hall–Kier alpha value is -1.75. The summed E-state index contributed by atoms with van der Waals surface area (Å²) in [6.45, 7) is 4.59. The van der Waals surface area contributed by atoms with E-state index in [1.54, 1.807) is 17.8 Å². The van der Waals surface area contributed by atoms with Gasteiger partial charge in [-0.15, -0.1) is 0 Å². The lowest BCUT2D eigenvalue weighted by Gasteiger charge is -2.10. The van der Waals surface area contributed by atoms with Crippen LogP contribution >= 0.6 is 0 Å². The van der Waals surface area contributed by atoms with Gasteiger partial charge in [0.25, 0.3) is 0 Å². The molecule has 0 saturated carbocycles. The number of hydrogen-bond donors (Lipinski definition) is 0. The topological polar surface area (TPSA) is 56.5 Å². The Kier molecular flexibility index (Phi) is 3.19. The van der Waals surface area contributed by atoms with Crippen LogP contribution in [-0.4, -0.2) is 27.8 Å². The molecule has 0 spiro atoms. The van der Waals surface area contributed by atoms with Crippen molar-refractivity contribution in [2.45, 2.75) is 26.4 Å². The molecule has 90 valence electrons. The molecule has 0 aliphatic rings. The van der Waals surface area contributed by atoms with Crippen molar-refractivity contribution in [1.82, 2.24) is 14.4 Å². The molecule has 0 aliphatic heterocycles. The first-order chi connectivity index (χ1) is 8.17. The van der Waals surface area contributed by atoms with Gasteiger partial charge in [0.2, 0.25) is 0 Å². The summed E-state index contributed by atoms with van der Waals surface area (Å²) < 4.78 is 6.94. The minimum atomic E-state index is 0.296. The monoisotopic (exact) mass is 233 g/mol. The molecule has 0 atom stereocenters. The van der Waals surface area contributed by atoms with Gasteiger partial charge in [0.1, 0.15) is 12.0 Å². The number of ether oxygens (including phenoxy) is 1. The van der Waals surface area contributed by atoms with Crippen LogP contribution in [0, 0.1) is 0 Å². The highest BCUT2D eigenvalue weighted by Crippen LogP contribution is 2.17. The zero-order valence-electron chi connectivity index (χ0n) is 10.2. The van der Waals surface area contributed by atoms with Crippen molar-refractivity contribution in [3.8, 4) is 0 Å². The van der Waals surface area contributed by atoms with Crippen molar-refractivity contribution in [1.29, 1.82) is 0 Å². The van der Waals surface area contributed by atoms with Gasteiger partial charge in [-0.2, -0.15) is 0 Å². The zero-order chi connectivity index (χ0) is 12.4. The van der Waals surface area contributed by atoms with Crippen molar-refractivity contribution >= 4 is 11.9 Å². The Morgan fingerprint density at radius 1 is 1.53 bits per heavy atom. The maximum absolute atomic E-state index is 10.9. The van der Waals surface area contributed by atoms with Gasteiger partial charge in [-0.3, -0.25) is 9.20 Å². The molecule has 0 aliphatic carbocycles. The molecule has 2 aromatic heterocycles. The van der Waals surface area contributed by atoms with Crippen LogP contribution in [0.2, 0.25) is 0 Å². The van der Waals surface area contributed by atoms with Gasteiger partial charge in [-0.05, 0) is 12.0 Å². The molecule has 5 nitrogen and oxygen atoms in total. The Bertz CT molecular complexity index is 546. The van der Waals surface area contributed by atoms with E-state index in [1.807, 2.05) is 6.07 Å². The molecule has 2 heterocycles. The molecule has 0 fully saturated rings. The number of carbonyl (C=O) groups excluding carboxylic acids is 1. The highest BCUT2D eigenvalue weighted by atomic mass is 16.5. The van der Waals surface area contributed by atoms with Crippen LogP contribution in [0.4, 0.5) is 0 Å². The fourth-order valence-electron chi connectivity index (χ4n) is 1.71. The smallest absolute Gasteiger partial charge is 0.172 e. The van der Waals surface area contributed by atoms with Crippen molar-refractivity contribution in [3.63, 3.8) is 0 Å². The molecular weight excluding hydrogens is 218 g/mol. The number of nitrogens with zero attached hydrogens (tertiary/aromatic N) is 3. The van der Waals surface area contributed by atoms with Gasteiger partial charge in [0.05, 0.1) is 12.3 Å². The van der Waals surface area contributed by atoms with E-state index in [0.29, 0.717) is 23.9 Å². The largest absolute Gasteiger partial charge is 0.378 e. The summed E-state index contributed by atoms with van der Waals surface area (Å²) in [6, 6.07) is 1.98. The number of aromatic nitrogens is 3. The Labute approximate surface area is 99.5 Å². The standard InChI is InChI=1S/C12H15N3O2/c1-8(2)10-4-9(6-17-3)15-7-13-11(5-16)12(15)14-10/h4-5,7-8H,6H2,1-3H3. The maximum atomic E-state index is 10.9. The molecule has 17 heavy (non-hydrogen) atoms. The molecule has 5 heteroatoms. The van der Waals surface area contributed by atoms with Crippen molar-refractivity contribution < 1.29 is 9.53 Å². The quantitative estimate of drug-likeness (QED) is 0.756. The van der Waals surface area contributed by atoms with Gasteiger partial charge in [0, 0.05) is 12.8 Å². The summed E-state index contributed by atoms with van der Waals surface area (Å²) in [6.07, 6.45) is 2.33. The molecule has 0 amide bonds. The minimum absolute atomic E-state index is 0.296. The predicted molar refractivity (Wildman–Crippen MR) is 63.2 cm³/mol. The first kappa shape index (κ1) is 11.7. The van der Waals surface area contributed by atoms with Gasteiger partial charge >= 0.3 is 0 Å². The average Bonchev–Trinajstić information content (AvgIpc) is 2.72. The molecule has 0 N–H and O–H groups in total. The van der Waals surface area contributed by atoms with Crippen LogP contribution in [0.15, 0.2) is 12.4 Å². The molecule has 0 saturated heterocycles. The van der Waals surface area contributed by atoms with Crippen LogP contribution in [0.3, 0.4) is 0 Å². The second kappa shape index (κ2) is 4.63. The fraction of sp³-hybridized carbons (Fsp3) is 0.417. The first-order valence-electron chi connectivity index (χ1n) is 5.48. The molecule has 0 radical (unpaired) electrons. The molecule has 2 rings (SSSR count). The Balaban J connectivity index is 2.69. The SMILES string of the molecule is COCc1cc(C(C)C)nc2c(C=O)ncn12. The van der Waals surface area contributed by atoms with E-state index in [4.69, 9.17) is 4.74 Å². The Morgan fingerprint density at radius 2 is 2.29 bits per heavy atom. The van der Waals surface area contributed by atoms with Crippen LogP contribution < -0.4 is 0 Å². The number of methoxy groups -OCH3 is 1. The number of imidazole rings is 1. The lowest BCUT2D eigenvalue weighted by molar-refractivity contribution is 0.112. The van der Waals surface area contributed by atoms with Crippen LogP contribution in [0.1, 0.15) is 41.6 Å². The summed E-state index contributed by atoms with van der Waals surface area (Å²) in [7, 11) is 1.64. The van der Waals surface area contributed by atoms with Crippen LogP contribution in [0.25, 0.3) is 5.65 Å². The van der Waals surface area contributed by atoms with E-state index in [1.165, 1.54) is 0 Å². The van der Waals surface area contributed by atoms with Crippen molar-refractivity contribution in [3.05, 3.63) is 29.5 Å². The number of aldehydes is 1. The second-order valence-electron chi connectivity index (χ2n) is 4.20. The van der Waals surface area contributed by atoms with E-state index >= 15 is 0 Å². The van der Waals surface area contributed by atoms with Crippen LogP contribution in [0.5, 0.6) is 0 Å².